The molecule has 0 aromatic carbocycles. The highest BCUT2D eigenvalue weighted by atomic mass is 79.9. The Balaban J connectivity index is 2.06. The van der Waals surface area contributed by atoms with Crippen LogP contribution in [0.4, 0.5) is 4.79 Å². The predicted octanol–water partition coefficient (Wildman–Crippen LogP) is 2.74. The molecule has 0 saturated carbocycles. The number of aliphatic hydroxyl groups excluding tert-OH is 1. The number of furan rings is 1. The molecule has 1 N–H and O–H groups in total. The Bertz CT molecular complexity index is 465. The van der Waals surface area contributed by atoms with E-state index in [1.807, 2.05) is 20.8 Å². The molecule has 2 atom stereocenters. The first-order valence-corrected chi connectivity index (χ1v) is 6.96. The third-order valence-electron chi connectivity index (χ3n) is 2.92. The number of β-amino-alcohol motifs (C(OH)–C–C–N with tert-alkyl or cyclic N) is 1. The highest BCUT2D eigenvalue weighted by Gasteiger charge is 2.39. The SMILES string of the molecule is CC(C)(C)OC(=O)N1C[C@@H](O)[C@H](c2occc2Br)C1. The minimum atomic E-state index is -0.644. The number of rotatable bonds is 1. The third kappa shape index (κ3) is 3.30. The molecule has 1 aliphatic heterocycles. The molecule has 1 aliphatic rings. The summed E-state index contributed by atoms with van der Waals surface area (Å²) in [4.78, 5) is 13.5. The minimum Gasteiger partial charge on any atom is -0.468 e. The summed E-state index contributed by atoms with van der Waals surface area (Å²) in [6.07, 6.45) is 0.508. The monoisotopic (exact) mass is 331 g/mol. The van der Waals surface area contributed by atoms with Gasteiger partial charge in [0.2, 0.25) is 0 Å². The van der Waals surface area contributed by atoms with E-state index in [-0.39, 0.29) is 12.5 Å². The van der Waals surface area contributed by atoms with Gasteiger partial charge in [-0.1, -0.05) is 0 Å². The summed E-state index contributed by atoms with van der Waals surface area (Å²) in [6.45, 7) is 6.10. The lowest BCUT2D eigenvalue weighted by atomic mass is 10.0. The molecule has 2 rings (SSSR count). The molecule has 0 unspecified atom stereocenters. The topological polar surface area (TPSA) is 62.9 Å². The number of carbonyl (C=O) groups excluding carboxylic acids is 1. The van der Waals surface area contributed by atoms with Crippen LogP contribution in [0.3, 0.4) is 0 Å². The molecule has 1 aromatic heterocycles. The normalized spacial score (nSPS) is 23.7. The number of aliphatic hydroxyl groups is 1. The summed E-state index contributed by atoms with van der Waals surface area (Å²) >= 11 is 3.37. The summed E-state index contributed by atoms with van der Waals surface area (Å²) in [5, 5.41) is 10.1. The van der Waals surface area contributed by atoms with E-state index in [0.29, 0.717) is 12.3 Å². The molecule has 1 amide bonds. The molecule has 1 aromatic rings. The second kappa shape index (κ2) is 5.17. The Morgan fingerprint density at radius 3 is 2.74 bits per heavy atom. The average molecular weight is 332 g/mol. The van der Waals surface area contributed by atoms with Crippen molar-refractivity contribution in [2.24, 2.45) is 0 Å². The molecule has 5 nitrogen and oxygen atoms in total. The Hall–Kier alpha value is -1.01. The molecule has 106 valence electrons. The van der Waals surface area contributed by atoms with Crippen molar-refractivity contribution < 1.29 is 19.1 Å². The van der Waals surface area contributed by atoms with Gasteiger partial charge in [-0.2, -0.15) is 0 Å². The van der Waals surface area contributed by atoms with E-state index in [1.165, 1.54) is 4.90 Å². The van der Waals surface area contributed by atoms with Crippen molar-refractivity contribution in [2.75, 3.05) is 13.1 Å². The number of halogens is 1. The van der Waals surface area contributed by atoms with Gasteiger partial charge in [0, 0.05) is 6.54 Å². The van der Waals surface area contributed by atoms with Gasteiger partial charge in [0.25, 0.3) is 0 Å². The molecule has 0 bridgehead atoms. The number of hydrogen-bond acceptors (Lipinski definition) is 4. The van der Waals surface area contributed by atoms with Crippen molar-refractivity contribution in [1.82, 2.24) is 4.90 Å². The zero-order chi connectivity index (χ0) is 14.2. The number of carbonyl (C=O) groups is 1. The highest BCUT2D eigenvalue weighted by Crippen LogP contribution is 2.33. The molecule has 0 spiro atoms. The van der Waals surface area contributed by atoms with Crippen LogP contribution in [0, 0.1) is 0 Å². The van der Waals surface area contributed by atoms with Gasteiger partial charge in [-0.15, -0.1) is 0 Å². The second-order valence-corrected chi connectivity index (χ2v) is 6.55. The predicted molar refractivity (Wildman–Crippen MR) is 73.0 cm³/mol. The lowest BCUT2D eigenvalue weighted by Crippen LogP contribution is -2.35. The lowest BCUT2D eigenvalue weighted by Gasteiger charge is -2.24. The van der Waals surface area contributed by atoms with Crippen LogP contribution in [-0.4, -0.2) is 40.9 Å². The van der Waals surface area contributed by atoms with Crippen LogP contribution in [-0.2, 0) is 4.74 Å². The van der Waals surface area contributed by atoms with E-state index in [9.17, 15) is 9.90 Å². The fourth-order valence-corrected chi connectivity index (χ4v) is 2.59. The lowest BCUT2D eigenvalue weighted by molar-refractivity contribution is 0.0270. The quantitative estimate of drug-likeness (QED) is 0.859. The van der Waals surface area contributed by atoms with Crippen molar-refractivity contribution in [3.05, 3.63) is 22.6 Å². The smallest absolute Gasteiger partial charge is 0.410 e. The number of amides is 1. The first-order chi connectivity index (χ1) is 8.78. The minimum absolute atomic E-state index is 0.225. The highest BCUT2D eigenvalue weighted by molar-refractivity contribution is 9.10. The first-order valence-electron chi connectivity index (χ1n) is 6.17. The molecule has 2 heterocycles. The van der Waals surface area contributed by atoms with Gasteiger partial charge in [0.15, 0.2) is 0 Å². The zero-order valence-electron chi connectivity index (χ0n) is 11.2. The molecule has 19 heavy (non-hydrogen) atoms. The number of ether oxygens (including phenoxy) is 1. The molecule has 0 radical (unpaired) electrons. The van der Waals surface area contributed by atoms with Gasteiger partial charge in [-0.25, -0.2) is 4.79 Å². The zero-order valence-corrected chi connectivity index (χ0v) is 12.8. The van der Waals surface area contributed by atoms with E-state index in [2.05, 4.69) is 15.9 Å². The van der Waals surface area contributed by atoms with Gasteiger partial charge < -0.3 is 19.2 Å². The van der Waals surface area contributed by atoms with E-state index >= 15 is 0 Å². The van der Waals surface area contributed by atoms with Crippen molar-refractivity contribution in [3.63, 3.8) is 0 Å². The van der Waals surface area contributed by atoms with Gasteiger partial charge >= 0.3 is 6.09 Å². The Morgan fingerprint density at radius 2 is 2.21 bits per heavy atom. The summed E-state index contributed by atoms with van der Waals surface area (Å²) in [5.41, 5.74) is -0.536. The van der Waals surface area contributed by atoms with E-state index in [0.717, 1.165) is 4.47 Å². The van der Waals surface area contributed by atoms with Gasteiger partial charge in [0.1, 0.15) is 11.4 Å². The average Bonchev–Trinajstić information content (AvgIpc) is 2.82. The van der Waals surface area contributed by atoms with Crippen LogP contribution in [0.25, 0.3) is 0 Å². The van der Waals surface area contributed by atoms with Crippen LogP contribution in [0.15, 0.2) is 21.2 Å². The van der Waals surface area contributed by atoms with Crippen molar-refractivity contribution in [2.45, 2.75) is 38.4 Å². The van der Waals surface area contributed by atoms with E-state index in [1.54, 1.807) is 12.3 Å². The fourth-order valence-electron chi connectivity index (χ4n) is 2.09. The maximum absolute atomic E-state index is 12.0. The molecule has 6 heteroatoms. The summed E-state index contributed by atoms with van der Waals surface area (Å²) in [5.74, 6) is 0.440. The van der Waals surface area contributed by atoms with Gasteiger partial charge in [-0.3, -0.25) is 0 Å². The van der Waals surface area contributed by atoms with Gasteiger partial charge in [0.05, 0.1) is 29.3 Å². The largest absolute Gasteiger partial charge is 0.468 e. The van der Waals surface area contributed by atoms with Crippen LogP contribution >= 0.6 is 15.9 Å². The van der Waals surface area contributed by atoms with Crippen molar-refractivity contribution in [1.29, 1.82) is 0 Å². The van der Waals surface area contributed by atoms with E-state index in [4.69, 9.17) is 9.15 Å². The third-order valence-corrected chi connectivity index (χ3v) is 3.58. The maximum Gasteiger partial charge on any atom is 0.410 e. The molecular formula is C13H18BrNO4. The van der Waals surface area contributed by atoms with E-state index < -0.39 is 17.8 Å². The fraction of sp³-hybridized carbons (Fsp3) is 0.615. The molecule has 1 fully saturated rings. The van der Waals surface area contributed by atoms with Gasteiger partial charge in [-0.05, 0) is 42.8 Å². The van der Waals surface area contributed by atoms with Crippen molar-refractivity contribution in [3.8, 4) is 0 Å². The second-order valence-electron chi connectivity index (χ2n) is 5.69. The Morgan fingerprint density at radius 1 is 1.53 bits per heavy atom. The van der Waals surface area contributed by atoms with Crippen molar-refractivity contribution >= 4 is 22.0 Å². The summed E-state index contributed by atoms with van der Waals surface area (Å²) < 4.78 is 11.5. The first kappa shape index (κ1) is 14.4. The maximum atomic E-state index is 12.0. The number of nitrogens with zero attached hydrogens (tertiary/aromatic N) is 1. The van der Waals surface area contributed by atoms with Crippen LogP contribution < -0.4 is 0 Å². The van der Waals surface area contributed by atoms with Crippen LogP contribution in [0.5, 0.6) is 0 Å². The molecule has 1 saturated heterocycles. The Kier molecular flexibility index (Phi) is 3.92. The summed E-state index contributed by atoms with van der Waals surface area (Å²) in [7, 11) is 0. The summed E-state index contributed by atoms with van der Waals surface area (Å²) in [6, 6.07) is 1.78. The van der Waals surface area contributed by atoms with Crippen LogP contribution in [0.1, 0.15) is 32.4 Å². The molecular weight excluding hydrogens is 314 g/mol. The number of likely N-dealkylation sites (tertiary alicyclic amines) is 1. The molecule has 0 aliphatic carbocycles. The number of hydrogen-bond donors (Lipinski definition) is 1. The van der Waals surface area contributed by atoms with Crippen LogP contribution in [0.2, 0.25) is 0 Å². The Labute approximate surface area is 120 Å². The standard InChI is InChI=1S/C13H18BrNO4/c1-13(2,3)19-12(17)15-6-8(10(16)7-15)11-9(14)4-5-18-11/h4-5,8,10,16H,6-7H2,1-3H3/t8-,10-/m1/s1.